The molecule has 0 unspecified atom stereocenters. The van der Waals surface area contributed by atoms with Crippen LogP contribution in [0.5, 0.6) is 0 Å². The summed E-state index contributed by atoms with van der Waals surface area (Å²) >= 11 is 1.69. The molecule has 0 bridgehead atoms. The fraction of sp³-hybridized carbons (Fsp3) is 0.0833. The molecule has 16 heavy (non-hydrogen) atoms. The summed E-state index contributed by atoms with van der Waals surface area (Å²) < 4.78 is 14.7. The van der Waals surface area contributed by atoms with E-state index in [4.69, 9.17) is 0 Å². The Bertz CT molecular complexity index is 654. The van der Waals surface area contributed by atoms with E-state index in [0.29, 0.717) is 0 Å². The van der Waals surface area contributed by atoms with Crippen molar-refractivity contribution in [3.8, 4) is 10.6 Å². The van der Waals surface area contributed by atoms with Gasteiger partial charge in [-0.2, -0.15) is 0 Å². The maximum Gasteiger partial charge on any atom is 0.139 e. The van der Waals surface area contributed by atoms with Gasteiger partial charge in [0.2, 0.25) is 0 Å². The van der Waals surface area contributed by atoms with E-state index in [2.05, 4.69) is 18.0 Å². The van der Waals surface area contributed by atoms with E-state index in [1.807, 2.05) is 12.3 Å². The van der Waals surface area contributed by atoms with Crippen LogP contribution in [-0.4, -0.2) is 9.38 Å². The lowest BCUT2D eigenvalue weighted by Gasteiger charge is -1.90. The second kappa shape index (κ2) is 3.42. The Morgan fingerprint density at radius 3 is 2.81 bits per heavy atom. The highest BCUT2D eigenvalue weighted by atomic mass is 32.1. The molecule has 0 fully saturated rings. The van der Waals surface area contributed by atoms with Crippen LogP contribution in [0.3, 0.4) is 0 Å². The zero-order valence-corrected chi connectivity index (χ0v) is 9.46. The van der Waals surface area contributed by atoms with Crippen LogP contribution in [0, 0.1) is 12.7 Å². The first kappa shape index (κ1) is 9.54. The van der Waals surface area contributed by atoms with Crippen molar-refractivity contribution in [2.45, 2.75) is 6.92 Å². The summed E-state index contributed by atoms with van der Waals surface area (Å²) in [4.78, 5) is 6.81. The Morgan fingerprint density at radius 2 is 2.06 bits per heavy atom. The second-order valence-electron chi connectivity index (χ2n) is 3.65. The first-order chi connectivity index (χ1) is 7.72. The number of fused-ring (bicyclic) bond motifs is 1. The molecule has 3 heterocycles. The van der Waals surface area contributed by atoms with Gasteiger partial charge >= 0.3 is 0 Å². The molecule has 80 valence electrons. The summed E-state index contributed by atoms with van der Waals surface area (Å²) in [7, 11) is 0. The highest BCUT2D eigenvalue weighted by Gasteiger charge is 2.06. The maximum absolute atomic E-state index is 13.0. The minimum absolute atomic E-state index is 0.251. The van der Waals surface area contributed by atoms with E-state index < -0.39 is 0 Å². The molecule has 0 aromatic carbocycles. The van der Waals surface area contributed by atoms with Crippen LogP contribution in [0.2, 0.25) is 0 Å². The van der Waals surface area contributed by atoms with Crippen LogP contribution in [0.15, 0.2) is 36.7 Å². The van der Waals surface area contributed by atoms with Crippen molar-refractivity contribution in [3.05, 3.63) is 47.4 Å². The van der Waals surface area contributed by atoms with Crippen molar-refractivity contribution in [2.24, 2.45) is 0 Å². The number of pyridine rings is 1. The van der Waals surface area contributed by atoms with Crippen molar-refractivity contribution in [1.29, 1.82) is 0 Å². The zero-order valence-electron chi connectivity index (χ0n) is 8.64. The smallest absolute Gasteiger partial charge is 0.139 e. The van der Waals surface area contributed by atoms with Crippen LogP contribution in [0.1, 0.15) is 4.88 Å². The highest BCUT2D eigenvalue weighted by molar-refractivity contribution is 7.15. The average Bonchev–Trinajstić information content (AvgIpc) is 2.83. The number of hydrogen-bond acceptors (Lipinski definition) is 2. The van der Waals surface area contributed by atoms with Crippen LogP contribution >= 0.6 is 11.3 Å². The molecule has 0 saturated heterocycles. The van der Waals surface area contributed by atoms with Crippen molar-refractivity contribution >= 4 is 17.0 Å². The molecular formula is C12H9FN2S. The molecule has 0 spiro atoms. The third kappa shape index (κ3) is 1.51. The van der Waals surface area contributed by atoms with E-state index in [-0.39, 0.29) is 5.82 Å². The summed E-state index contributed by atoms with van der Waals surface area (Å²) in [6, 6.07) is 7.20. The molecule has 0 aliphatic heterocycles. The second-order valence-corrected chi connectivity index (χ2v) is 4.94. The van der Waals surface area contributed by atoms with E-state index in [9.17, 15) is 4.39 Å². The van der Waals surface area contributed by atoms with Gasteiger partial charge in [0.1, 0.15) is 11.5 Å². The van der Waals surface area contributed by atoms with Crippen molar-refractivity contribution < 1.29 is 4.39 Å². The van der Waals surface area contributed by atoms with Gasteiger partial charge in [-0.25, -0.2) is 9.37 Å². The number of imidazole rings is 1. The van der Waals surface area contributed by atoms with Crippen molar-refractivity contribution in [3.63, 3.8) is 0 Å². The van der Waals surface area contributed by atoms with Gasteiger partial charge in [0.05, 0.1) is 10.6 Å². The number of nitrogens with zero attached hydrogens (tertiary/aromatic N) is 2. The topological polar surface area (TPSA) is 17.3 Å². The normalized spacial score (nSPS) is 11.1. The third-order valence-corrected chi connectivity index (χ3v) is 3.43. The van der Waals surface area contributed by atoms with Gasteiger partial charge in [0, 0.05) is 17.3 Å². The van der Waals surface area contributed by atoms with Crippen LogP contribution in [0.4, 0.5) is 4.39 Å². The Hall–Kier alpha value is -1.68. The molecule has 4 heteroatoms. The largest absolute Gasteiger partial charge is 0.303 e. The Morgan fingerprint density at radius 1 is 1.19 bits per heavy atom. The summed E-state index contributed by atoms with van der Waals surface area (Å²) in [6.07, 6.45) is 3.29. The first-order valence-corrected chi connectivity index (χ1v) is 5.75. The number of aryl methyl sites for hydroxylation is 1. The third-order valence-electron chi connectivity index (χ3n) is 2.41. The summed E-state index contributed by atoms with van der Waals surface area (Å²) in [6.45, 7) is 2.06. The van der Waals surface area contributed by atoms with Gasteiger partial charge in [0.15, 0.2) is 0 Å². The summed E-state index contributed by atoms with van der Waals surface area (Å²) in [5.74, 6) is -0.251. The zero-order chi connectivity index (χ0) is 11.1. The van der Waals surface area contributed by atoms with Gasteiger partial charge < -0.3 is 4.40 Å². The molecule has 0 atom stereocenters. The number of rotatable bonds is 1. The van der Waals surface area contributed by atoms with E-state index in [1.54, 1.807) is 21.8 Å². The standard InChI is InChI=1S/C12H9FN2S/c1-8-2-4-11(16-8)10-7-15-6-9(13)3-5-12(15)14-10/h2-7H,1H3. The molecule has 0 amide bonds. The van der Waals surface area contributed by atoms with Gasteiger partial charge in [-0.15, -0.1) is 11.3 Å². The predicted molar refractivity (Wildman–Crippen MR) is 63.2 cm³/mol. The Labute approximate surface area is 96.0 Å². The lowest BCUT2D eigenvalue weighted by molar-refractivity contribution is 0.619. The van der Waals surface area contributed by atoms with E-state index in [1.165, 1.54) is 17.1 Å². The Balaban J connectivity index is 2.18. The molecule has 0 N–H and O–H groups in total. The Kier molecular flexibility index (Phi) is 2.04. The quantitative estimate of drug-likeness (QED) is 0.627. The van der Waals surface area contributed by atoms with E-state index >= 15 is 0 Å². The molecule has 2 nitrogen and oxygen atoms in total. The fourth-order valence-corrected chi connectivity index (χ4v) is 2.48. The number of aromatic nitrogens is 2. The minimum Gasteiger partial charge on any atom is -0.303 e. The summed E-state index contributed by atoms with van der Waals surface area (Å²) in [5, 5.41) is 0. The number of thiophene rings is 1. The first-order valence-electron chi connectivity index (χ1n) is 4.93. The lowest BCUT2D eigenvalue weighted by atomic mass is 10.4. The number of halogens is 1. The van der Waals surface area contributed by atoms with Crippen molar-refractivity contribution in [1.82, 2.24) is 9.38 Å². The average molecular weight is 232 g/mol. The molecule has 0 aliphatic rings. The molecule has 0 saturated carbocycles. The molecule has 0 radical (unpaired) electrons. The van der Waals surface area contributed by atoms with Crippen molar-refractivity contribution in [2.75, 3.05) is 0 Å². The van der Waals surface area contributed by atoms with Gasteiger partial charge in [-0.05, 0) is 31.2 Å². The maximum atomic E-state index is 13.0. The lowest BCUT2D eigenvalue weighted by Crippen LogP contribution is -1.83. The summed E-state index contributed by atoms with van der Waals surface area (Å²) in [5.41, 5.74) is 1.66. The molecular weight excluding hydrogens is 223 g/mol. The fourth-order valence-electron chi connectivity index (χ4n) is 1.66. The minimum atomic E-state index is -0.251. The van der Waals surface area contributed by atoms with Gasteiger partial charge in [0.25, 0.3) is 0 Å². The van der Waals surface area contributed by atoms with Crippen LogP contribution < -0.4 is 0 Å². The van der Waals surface area contributed by atoms with Crippen LogP contribution in [-0.2, 0) is 0 Å². The van der Waals surface area contributed by atoms with Gasteiger partial charge in [-0.1, -0.05) is 0 Å². The van der Waals surface area contributed by atoms with E-state index in [0.717, 1.165) is 16.2 Å². The molecule has 3 aromatic heterocycles. The highest BCUT2D eigenvalue weighted by Crippen LogP contribution is 2.27. The van der Waals surface area contributed by atoms with Gasteiger partial charge in [-0.3, -0.25) is 0 Å². The predicted octanol–water partition coefficient (Wildman–Crippen LogP) is 3.51. The molecule has 3 aromatic rings. The molecule has 3 rings (SSSR count). The number of hydrogen-bond donors (Lipinski definition) is 0. The van der Waals surface area contributed by atoms with Crippen LogP contribution in [0.25, 0.3) is 16.2 Å². The molecule has 0 aliphatic carbocycles. The monoisotopic (exact) mass is 232 g/mol. The SMILES string of the molecule is Cc1ccc(-c2cn3cc(F)ccc3n2)s1.